The third kappa shape index (κ3) is 5.20. The molecule has 0 saturated heterocycles. The van der Waals surface area contributed by atoms with Crippen molar-refractivity contribution in [1.82, 2.24) is 4.57 Å². The van der Waals surface area contributed by atoms with Crippen LogP contribution in [0.1, 0.15) is 29.9 Å². The molecule has 0 spiro atoms. The minimum absolute atomic E-state index is 0.0238. The molecule has 1 aromatic heterocycles. The van der Waals surface area contributed by atoms with E-state index in [4.69, 9.17) is 33.2 Å². The van der Waals surface area contributed by atoms with Crippen molar-refractivity contribution < 1.29 is 38.0 Å². The van der Waals surface area contributed by atoms with E-state index in [9.17, 15) is 4.79 Å². The van der Waals surface area contributed by atoms with Gasteiger partial charge < -0.3 is 37.7 Å². The zero-order valence-corrected chi connectivity index (χ0v) is 25.8. The highest BCUT2D eigenvalue weighted by Gasteiger charge is 2.34. The summed E-state index contributed by atoms with van der Waals surface area (Å²) in [6.45, 7) is 4.52. The highest BCUT2D eigenvalue weighted by molar-refractivity contribution is 6.07. The van der Waals surface area contributed by atoms with Crippen LogP contribution in [0.25, 0.3) is 33.5 Å². The van der Waals surface area contributed by atoms with Crippen LogP contribution < -0.4 is 28.4 Å². The fourth-order valence-corrected chi connectivity index (χ4v) is 5.74. The Morgan fingerprint density at radius 3 is 1.72 bits per heavy atom. The molecule has 0 radical (unpaired) electrons. The second-order valence-corrected chi connectivity index (χ2v) is 10.3. The molecule has 9 nitrogen and oxygen atoms in total. The van der Waals surface area contributed by atoms with Crippen molar-refractivity contribution in [2.75, 3.05) is 42.7 Å². The first-order valence-corrected chi connectivity index (χ1v) is 14.0. The van der Waals surface area contributed by atoms with Gasteiger partial charge in [0.25, 0.3) is 0 Å². The van der Waals surface area contributed by atoms with Gasteiger partial charge in [0.05, 0.1) is 54.5 Å². The molecule has 0 fully saturated rings. The Hall–Kier alpha value is -4.79. The lowest BCUT2D eigenvalue weighted by atomic mass is 9.89. The average Bonchev–Trinajstić information content (AvgIpc) is 3.38. The number of hydrogen-bond donors (Lipinski definition) is 0. The Balaban J connectivity index is 1.92. The van der Waals surface area contributed by atoms with Gasteiger partial charge in [0.15, 0.2) is 34.5 Å². The summed E-state index contributed by atoms with van der Waals surface area (Å²) in [5.41, 5.74) is 6.42. The lowest BCUT2D eigenvalue weighted by Gasteiger charge is -2.24. The van der Waals surface area contributed by atoms with Crippen LogP contribution in [-0.2, 0) is 17.7 Å². The quantitative estimate of drug-likeness (QED) is 0.190. The first-order valence-electron chi connectivity index (χ1n) is 14.0. The van der Waals surface area contributed by atoms with Crippen LogP contribution >= 0.6 is 0 Å². The minimum atomic E-state index is -0.451. The maximum Gasteiger partial charge on any atom is 0.355 e. The third-order valence-electron chi connectivity index (χ3n) is 7.60. The Kier molecular flexibility index (Phi) is 8.43. The normalized spacial score (nSPS) is 11.8. The van der Waals surface area contributed by atoms with Gasteiger partial charge in [-0.15, -0.1) is 0 Å². The second kappa shape index (κ2) is 12.2. The molecule has 0 amide bonds. The number of aryl methyl sites for hydroxylation is 1. The largest absolute Gasteiger partial charge is 0.493 e. The van der Waals surface area contributed by atoms with Crippen molar-refractivity contribution in [1.29, 1.82) is 0 Å². The standard InChI is InChI=1S/C34H37NO8/c1-19(2)43-29-15-20-13-14-35-32(23(20)18-28(29)41-7)30(21-9-11-24(37-3)26(16-21)39-5)31(33(35)34(36)42-8)22-10-12-25(38-4)27(17-22)40-6/h9-12,15-19H,13-14H2,1-8H3. The summed E-state index contributed by atoms with van der Waals surface area (Å²) in [6.07, 6.45) is 0.653. The summed E-state index contributed by atoms with van der Waals surface area (Å²) in [6, 6.07) is 15.4. The first kappa shape index (κ1) is 29.7. The van der Waals surface area contributed by atoms with Crippen LogP contribution in [0.4, 0.5) is 0 Å². The van der Waals surface area contributed by atoms with Crippen molar-refractivity contribution in [3.8, 4) is 68.0 Å². The minimum Gasteiger partial charge on any atom is -0.493 e. The predicted octanol–water partition coefficient (Wildman–Crippen LogP) is 6.66. The molecule has 1 aliphatic rings. The summed E-state index contributed by atoms with van der Waals surface area (Å²) in [5, 5.41) is 0. The maximum absolute atomic E-state index is 13.6. The summed E-state index contributed by atoms with van der Waals surface area (Å²) in [5.74, 6) is 3.11. The van der Waals surface area contributed by atoms with Gasteiger partial charge >= 0.3 is 5.97 Å². The Labute approximate surface area is 251 Å². The highest BCUT2D eigenvalue weighted by atomic mass is 16.5. The fraction of sp³-hybridized carbons (Fsp3) is 0.324. The number of methoxy groups -OCH3 is 6. The van der Waals surface area contributed by atoms with Gasteiger partial charge in [-0.2, -0.15) is 0 Å². The lowest BCUT2D eigenvalue weighted by Crippen LogP contribution is -2.18. The van der Waals surface area contributed by atoms with E-state index < -0.39 is 5.97 Å². The third-order valence-corrected chi connectivity index (χ3v) is 7.60. The van der Waals surface area contributed by atoms with Gasteiger partial charge in [-0.3, -0.25) is 0 Å². The van der Waals surface area contributed by atoms with Gasteiger partial charge in [-0.25, -0.2) is 4.79 Å². The zero-order chi connectivity index (χ0) is 30.8. The van der Waals surface area contributed by atoms with E-state index in [1.807, 2.05) is 66.9 Å². The molecular weight excluding hydrogens is 550 g/mol. The van der Waals surface area contributed by atoms with Crippen LogP contribution in [0.2, 0.25) is 0 Å². The number of esters is 1. The molecule has 9 heteroatoms. The van der Waals surface area contributed by atoms with Crippen LogP contribution in [0, 0.1) is 0 Å². The molecule has 2 heterocycles. The summed E-state index contributed by atoms with van der Waals surface area (Å²) >= 11 is 0. The van der Waals surface area contributed by atoms with E-state index in [0.717, 1.165) is 33.5 Å². The number of ether oxygens (including phenoxy) is 7. The number of nitrogens with zero attached hydrogens (tertiary/aromatic N) is 1. The van der Waals surface area contributed by atoms with Crippen molar-refractivity contribution in [3.63, 3.8) is 0 Å². The van der Waals surface area contributed by atoms with E-state index >= 15 is 0 Å². The molecule has 4 aromatic rings. The number of carbonyl (C=O) groups is 1. The van der Waals surface area contributed by atoms with Gasteiger partial charge in [0, 0.05) is 23.2 Å². The topological polar surface area (TPSA) is 86.6 Å². The SMILES string of the molecule is COC(=O)c1c(-c2ccc(OC)c(OC)c2)c(-c2ccc(OC)c(OC)c2)c2n1CCc1cc(OC(C)C)c(OC)cc1-2. The Bertz CT molecular complexity index is 1670. The molecule has 0 N–H and O–H groups in total. The number of hydrogen-bond acceptors (Lipinski definition) is 8. The molecule has 5 rings (SSSR count). The first-order chi connectivity index (χ1) is 20.8. The summed E-state index contributed by atoms with van der Waals surface area (Å²) in [4.78, 5) is 13.6. The van der Waals surface area contributed by atoms with E-state index in [0.29, 0.717) is 58.7 Å². The summed E-state index contributed by atoms with van der Waals surface area (Å²) < 4.78 is 41.7. The molecule has 0 aliphatic carbocycles. The molecule has 1 aliphatic heterocycles. The van der Waals surface area contributed by atoms with Gasteiger partial charge in [-0.05, 0) is 73.4 Å². The molecule has 43 heavy (non-hydrogen) atoms. The van der Waals surface area contributed by atoms with Crippen LogP contribution in [0.3, 0.4) is 0 Å². The predicted molar refractivity (Wildman–Crippen MR) is 164 cm³/mol. The fourth-order valence-electron chi connectivity index (χ4n) is 5.74. The average molecular weight is 588 g/mol. The monoisotopic (exact) mass is 587 g/mol. The molecule has 3 aromatic carbocycles. The van der Waals surface area contributed by atoms with E-state index in [1.54, 1.807) is 35.5 Å². The molecule has 0 unspecified atom stereocenters. The number of carbonyl (C=O) groups excluding carboxylic acids is 1. The van der Waals surface area contributed by atoms with Gasteiger partial charge in [0.2, 0.25) is 0 Å². The van der Waals surface area contributed by atoms with Crippen molar-refractivity contribution in [2.24, 2.45) is 0 Å². The van der Waals surface area contributed by atoms with E-state index in [2.05, 4.69) is 0 Å². The molecule has 0 saturated carbocycles. The van der Waals surface area contributed by atoms with Crippen LogP contribution in [-0.4, -0.2) is 59.3 Å². The molecule has 226 valence electrons. The van der Waals surface area contributed by atoms with Crippen molar-refractivity contribution in [2.45, 2.75) is 32.9 Å². The van der Waals surface area contributed by atoms with Crippen molar-refractivity contribution >= 4 is 5.97 Å². The Morgan fingerprint density at radius 1 is 0.674 bits per heavy atom. The smallest absolute Gasteiger partial charge is 0.355 e. The van der Waals surface area contributed by atoms with E-state index in [-0.39, 0.29) is 6.10 Å². The van der Waals surface area contributed by atoms with Crippen LogP contribution in [0.15, 0.2) is 48.5 Å². The maximum atomic E-state index is 13.6. The number of benzene rings is 3. The lowest BCUT2D eigenvalue weighted by molar-refractivity contribution is 0.0589. The molecule has 0 bridgehead atoms. The second-order valence-electron chi connectivity index (χ2n) is 10.3. The number of rotatable bonds is 10. The number of fused-ring (bicyclic) bond motifs is 3. The zero-order valence-electron chi connectivity index (χ0n) is 25.8. The molecular formula is C34H37NO8. The van der Waals surface area contributed by atoms with Gasteiger partial charge in [-0.1, -0.05) is 12.1 Å². The van der Waals surface area contributed by atoms with Crippen LogP contribution in [0.5, 0.6) is 34.5 Å². The highest BCUT2D eigenvalue weighted by Crippen LogP contribution is 2.51. The van der Waals surface area contributed by atoms with Crippen molar-refractivity contribution in [3.05, 3.63) is 59.8 Å². The van der Waals surface area contributed by atoms with Gasteiger partial charge in [0.1, 0.15) is 5.69 Å². The Morgan fingerprint density at radius 2 is 1.21 bits per heavy atom. The summed E-state index contributed by atoms with van der Waals surface area (Å²) in [7, 11) is 9.39. The van der Waals surface area contributed by atoms with E-state index in [1.165, 1.54) is 7.11 Å². The number of aromatic nitrogens is 1. The molecule has 0 atom stereocenters.